The lowest BCUT2D eigenvalue weighted by molar-refractivity contribution is -0.300. The fourth-order valence-electron chi connectivity index (χ4n) is 4.67. The summed E-state index contributed by atoms with van der Waals surface area (Å²) in [5, 5.41) is 0. The average molecular weight is 577 g/mol. The fourth-order valence-corrected chi connectivity index (χ4v) is 5.22. The first kappa shape index (κ1) is 28.7. The van der Waals surface area contributed by atoms with Crippen LogP contribution in [0.2, 0.25) is 0 Å². The van der Waals surface area contributed by atoms with Gasteiger partial charge in [0.05, 0.1) is 25.9 Å². The molecule has 5 atom stereocenters. The third-order valence-electron chi connectivity index (χ3n) is 6.75. The molecule has 0 spiro atoms. The highest BCUT2D eigenvalue weighted by Gasteiger charge is 2.48. The third-order valence-corrected chi connectivity index (χ3v) is 7.73. The molecule has 4 aromatic rings. The van der Waals surface area contributed by atoms with E-state index in [0.717, 1.165) is 32.6 Å². The van der Waals surface area contributed by atoms with Gasteiger partial charge in [-0.3, -0.25) is 0 Å². The molecular weight excluding hydrogens is 544 g/mol. The van der Waals surface area contributed by atoms with Gasteiger partial charge in [-0.05, 0) is 69.5 Å². The van der Waals surface area contributed by atoms with Crippen LogP contribution in [0.4, 0.5) is 0 Å². The Hall–Kier alpha value is -2.84. The number of ether oxygens (including phenoxy) is 5. The molecule has 0 unspecified atom stereocenters. The van der Waals surface area contributed by atoms with Crippen molar-refractivity contribution in [2.45, 2.75) is 62.3 Å². The Morgan fingerprint density at radius 1 is 0.600 bits per heavy atom. The van der Waals surface area contributed by atoms with Crippen LogP contribution in [0.25, 0.3) is 0 Å². The zero-order valence-electron chi connectivity index (χ0n) is 22.3. The zero-order valence-corrected chi connectivity index (χ0v) is 23.9. The molecule has 0 amide bonds. The van der Waals surface area contributed by atoms with E-state index in [1.165, 1.54) is 0 Å². The van der Waals surface area contributed by atoms with Gasteiger partial charge in [-0.15, -0.1) is 0 Å². The highest BCUT2D eigenvalue weighted by atomic mass is 35.7. The third kappa shape index (κ3) is 7.88. The lowest BCUT2D eigenvalue weighted by Gasteiger charge is -2.45. The van der Waals surface area contributed by atoms with Gasteiger partial charge in [0.25, 0.3) is 0 Å². The predicted octanol–water partition coefficient (Wildman–Crippen LogP) is 7.81. The minimum Gasteiger partial charge on any atom is -0.462 e. The molecule has 1 fully saturated rings. The van der Waals surface area contributed by atoms with Crippen LogP contribution in [0.15, 0.2) is 120 Å². The molecule has 0 saturated carbocycles. The number of rotatable bonds is 12. The Labute approximate surface area is 244 Å². The largest absolute Gasteiger partial charge is 0.462 e. The molecule has 0 radical (unpaired) electrons. The van der Waals surface area contributed by atoms with Crippen molar-refractivity contribution in [2.24, 2.45) is 0 Å². The second kappa shape index (κ2) is 14.7. The van der Waals surface area contributed by atoms with Gasteiger partial charge in [0.2, 0.25) is 6.29 Å². The summed E-state index contributed by atoms with van der Waals surface area (Å²) in [5.41, 5.74) is 3.19. The van der Waals surface area contributed by atoms with Crippen LogP contribution in [0.3, 0.4) is 0 Å². The monoisotopic (exact) mass is 576 g/mol. The maximum Gasteiger partial charge on any atom is 0.229 e. The molecule has 4 aromatic carbocycles. The number of halogens is 1. The molecule has 1 saturated heterocycles. The van der Waals surface area contributed by atoms with Gasteiger partial charge in [0.15, 0.2) is 0 Å². The standard InChI is InChI=1S/C33H33ClO5S/c1-24-30(35-21-25-11-5-2-6-12-25)31(36-22-26-13-7-3-8-14-26)32(37-23-27-15-9-4-10-16-27)33(38-24)39-28-17-19-29(40-34)20-18-28/h2-20,24,30-33H,21-23H2,1H3/t24-,30+,31+,32-,33-/m0/s1. The first-order valence-electron chi connectivity index (χ1n) is 13.4. The molecule has 5 rings (SSSR count). The van der Waals surface area contributed by atoms with E-state index in [1.807, 2.05) is 122 Å². The summed E-state index contributed by atoms with van der Waals surface area (Å²) in [6, 6.07) is 37.8. The van der Waals surface area contributed by atoms with Crippen molar-refractivity contribution in [3.05, 3.63) is 132 Å². The molecule has 0 N–H and O–H groups in total. The van der Waals surface area contributed by atoms with E-state index in [4.69, 9.17) is 34.4 Å². The van der Waals surface area contributed by atoms with Crippen molar-refractivity contribution in [1.82, 2.24) is 0 Å². The van der Waals surface area contributed by atoms with Crippen LogP contribution < -0.4 is 4.74 Å². The van der Waals surface area contributed by atoms with E-state index in [1.54, 1.807) is 0 Å². The summed E-state index contributed by atoms with van der Waals surface area (Å²) in [7, 11) is 7.07. The Balaban J connectivity index is 1.41. The van der Waals surface area contributed by atoms with Crippen LogP contribution >= 0.6 is 21.7 Å². The van der Waals surface area contributed by atoms with E-state index >= 15 is 0 Å². The number of benzene rings is 4. The second-order valence-corrected chi connectivity index (χ2v) is 10.7. The van der Waals surface area contributed by atoms with Crippen molar-refractivity contribution in [3.63, 3.8) is 0 Å². The highest BCUT2D eigenvalue weighted by molar-refractivity contribution is 8.21. The van der Waals surface area contributed by atoms with E-state index in [-0.39, 0.29) is 12.2 Å². The van der Waals surface area contributed by atoms with E-state index in [9.17, 15) is 0 Å². The normalized spacial score (nSPS) is 22.6. The minimum absolute atomic E-state index is 0.316. The molecule has 208 valence electrons. The van der Waals surface area contributed by atoms with Gasteiger partial charge < -0.3 is 23.7 Å². The molecule has 1 heterocycles. The maximum atomic E-state index is 6.62. The van der Waals surface area contributed by atoms with Crippen molar-refractivity contribution in [3.8, 4) is 5.75 Å². The van der Waals surface area contributed by atoms with E-state index in [0.29, 0.717) is 25.6 Å². The summed E-state index contributed by atoms with van der Waals surface area (Å²) < 4.78 is 32.5. The molecule has 0 aromatic heterocycles. The van der Waals surface area contributed by atoms with Crippen molar-refractivity contribution in [1.29, 1.82) is 0 Å². The van der Waals surface area contributed by atoms with Gasteiger partial charge in [-0.25, -0.2) is 0 Å². The maximum absolute atomic E-state index is 6.62. The van der Waals surface area contributed by atoms with Gasteiger partial charge >= 0.3 is 0 Å². The minimum atomic E-state index is -0.717. The highest BCUT2D eigenvalue weighted by Crippen LogP contribution is 2.32. The van der Waals surface area contributed by atoms with Crippen molar-refractivity contribution in [2.75, 3.05) is 0 Å². The zero-order chi connectivity index (χ0) is 27.6. The summed E-state index contributed by atoms with van der Waals surface area (Å²) in [6.45, 7) is 3.20. The average Bonchev–Trinajstić information content (AvgIpc) is 3.01. The van der Waals surface area contributed by atoms with Gasteiger partial charge in [-0.1, -0.05) is 91.0 Å². The topological polar surface area (TPSA) is 46.2 Å². The molecule has 0 aliphatic carbocycles. The van der Waals surface area contributed by atoms with E-state index < -0.39 is 18.5 Å². The molecule has 40 heavy (non-hydrogen) atoms. The first-order chi connectivity index (χ1) is 19.7. The molecule has 1 aliphatic heterocycles. The van der Waals surface area contributed by atoms with Crippen molar-refractivity contribution >= 4 is 21.7 Å². The fraction of sp³-hybridized carbons (Fsp3) is 0.273. The quantitative estimate of drug-likeness (QED) is 0.171. The van der Waals surface area contributed by atoms with Crippen LogP contribution in [-0.4, -0.2) is 30.7 Å². The molecule has 1 aliphatic rings. The molecule has 5 nitrogen and oxygen atoms in total. The van der Waals surface area contributed by atoms with Gasteiger partial charge in [0, 0.05) is 4.90 Å². The lowest BCUT2D eigenvalue weighted by Crippen LogP contribution is -2.60. The Bertz CT molecular complexity index is 1280. The smallest absolute Gasteiger partial charge is 0.229 e. The summed E-state index contributed by atoms with van der Waals surface area (Å²) >= 11 is 0. The number of hydrogen-bond donors (Lipinski definition) is 0. The number of hydrogen-bond acceptors (Lipinski definition) is 6. The Morgan fingerprint density at radius 2 is 1.05 bits per heavy atom. The lowest BCUT2D eigenvalue weighted by atomic mass is 9.98. The Kier molecular flexibility index (Phi) is 10.5. The summed E-state index contributed by atoms with van der Waals surface area (Å²) in [6.07, 6.45) is -2.45. The SMILES string of the molecule is C[C@@H]1O[C@@H](Oc2ccc(SCl)cc2)[C@@H](OCc2ccccc2)[C@H](OCc2ccccc2)[C@@H]1OCc1ccccc1. The van der Waals surface area contributed by atoms with Crippen LogP contribution in [-0.2, 0) is 38.8 Å². The summed E-state index contributed by atoms with van der Waals surface area (Å²) in [5.74, 6) is 0.658. The van der Waals surface area contributed by atoms with Gasteiger partial charge in [0.1, 0.15) is 24.1 Å². The van der Waals surface area contributed by atoms with Gasteiger partial charge in [-0.2, -0.15) is 0 Å². The van der Waals surface area contributed by atoms with Crippen LogP contribution in [0.1, 0.15) is 23.6 Å². The summed E-state index contributed by atoms with van der Waals surface area (Å²) in [4.78, 5) is 0.933. The Morgan fingerprint density at radius 3 is 1.52 bits per heavy atom. The predicted molar refractivity (Wildman–Crippen MR) is 158 cm³/mol. The van der Waals surface area contributed by atoms with Crippen LogP contribution in [0, 0.1) is 0 Å². The second-order valence-electron chi connectivity index (χ2n) is 9.66. The molecule has 7 heteroatoms. The van der Waals surface area contributed by atoms with Crippen LogP contribution in [0.5, 0.6) is 5.75 Å². The first-order valence-corrected chi connectivity index (χ1v) is 15.0. The van der Waals surface area contributed by atoms with E-state index in [2.05, 4.69) is 0 Å². The molecular formula is C33H33ClO5S. The molecule has 0 bridgehead atoms. The van der Waals surface area contributed by atoms with Crippen molar-refractivity contribution < 1.29 is 23.7 Å².